The zero-order chi connectivity index (χ0) is 14.8. The Morgan fingerprint density at radius 1 is 1.14 bits per heavy atom. The molecule has 4 heteroatoms. The molecule has 0 bridgehead atoms. The summed E-state index contributed by atoms with van der Waals surface area (Å²) < 4.78 is 10.8. The van der Waals surface area contributed by atoms with E-state index >= 15 is 0 Å². The van der Waals surface area contributed by atoms with Crippen molar-refractivity contribution in [2.24, 2.45) is 0 Å². The fourth-order valence-electron chi connectivity index (χ4n) is 2.87. The van der Waals surface area contributed by atoms with E-state index in [-0.39, 0.29) is 6.04 Å². The first-order chi connectivity index (χ1) is 10.2. The van der Waals surface area contributed by atoms with Gasteiger partial charge in [-0.05, 0) is 48.7 Å². The molecule has 0 saturated carbocycles. The first-order valence-corrected chi connectivity index (χ1v) is 7.14. The lowest BCUT2D eigenvalue weighted by molar-refractivity contribution is 0.352. The van der Waals surface area contributed by atoms with Gasteiger partial charge in [0, 0.05) is 12.2 Å². The van der Waals surface area contributed by atoms with Crippen LogP contribution in [0.5, 0.6) is 11.5 Å². The average Bonchev–Trinajstić information content (AvgIpc) is 2.52. The van der Waals surface area contributed by atoms with Crippen LogP contribution in [0.2, 0.25) is 0 Å². The number of methoxy groups -OCH3 is 2. The Bertz CT molecular complexity index is 655. The van der Waals surface area contributed by atoms with Crippen molar-refractivity contribution in [3.05, 3.63) is 52.8 Å². The summed E-state index contributed by atoms with van der Waals surface area (Å²) in [5.41, 5.74) is 4.58. The van der Waals surface area contributed by atoms with Crippen LogP contribution in [0.1, 0.15) is 28.6 Å². The van der Waals surface area contributed by atoms with E-state index < -0.39 is 0 Å². The van der Waals surface area contributed by atoms with Crippen LogP contribution in [0, 0.1) is 6.92 Å². The van der Waals surface area contributed by atoms with Gasteiger partial charge in [0.2, 0.25) is 0 Å². The number of pyridine rings is 1. The number of nitrogens with zero attached hydrogens (tertiary/aromatic N) is 1. The van der Waals surface area contributed by atoms with Gasteiger partial charge in [0.25, 0.3) is 0 Å². The quantitative estimate of drug-likeness (QED) is 0.941. The normalized spacial score (nSPS) is 17.2. The number of ether oxygens (including phenoxy) is 2. The topological polar surface area (TPSA) is 43.4 Å². The second-order valence-electron chi connectivity index (χ2n) is 5.25. The van der Waals surface area contributed by atoms with Crippen molar-refractivity contribution in [1.82, 2.24) is 10.3 Å². The molecule has 0 radical (unpaired) electrons. The van der Waals surface area contributed by atoms with Gasteiger partial charge in [0.15, 0.2) is 11.5 Å². The zero-order valence-electron chi connectivity index (χ0n) is 12.6. The molecule has 110 valence electrons. The summed E-state index contributed by atoms with van der Waals surface area (Å²) in [6, 6.07) is 10.4. The van der Waals surface area contributed by atoms with E-state index in [1.54, 1.807) is 14.2 Å². The highest BCUT2D eigenvalue weighted by atomic mass is 16.5. The molecule has 2 heterocycles. The Labute approximate surface area is 125 Å². The molecule has 4 nitrogen and oxygen atoms in total. The molecule has 1 atom stereocenters. The molecule has 0 fully saturated rings. The van der Waals surface area contributed by atoms with Crippen molar-refractivity contribution < 1.29 is 9.47 Å². The summed E-state index contributed by atoms with van der Waals surface area (Å²) in [4.78, 5) is 4.66. The van der Waals surface area contributed by atoms with Crippen molar-refractivity contribution in [1.29, 1.82) is 0 Å². The largest absolute Gasteiger partial charge is 0.493 e. The molecule has 1 aliphatic rings. The van der Waals surface area contributed by atoms with Crippen molar-refractivity contribution in [3.8, 4) is 11.5 Å². The van der Waals surface area contributed by atoms with Gasteiger partial charge in [-0.15, -0.1) is 0 Å². The molecule has 0 saturated heterocycles. The van der Waals surface area contributed by atoms with Crippen LogP contribution in [0.25, 0.3) is 0 Å². The Morgan fingerprint density at radius 3 is 2.62 bits per heavy atom. The predicted molar refractivity (Wildman–Crippen MR) is 82.1 cm³/mol. The molecule has 1 aromatic heterocycles. The molecule has 21 heavy (non-hydrogen) atoms. The van der Waals surface area contributed by atoms with Crippen molar-refractivity contribution >= 4 is 0 Å². The maximum atomic E-state index is 5.44. The van der Waals surface area contributed by atoms with Gasteiger partial charge in [-0.2, -0.15) is 0 Å². The Kier molecular flexibility index (Phi) is 3.80. The number of hydrogen-bond donors (Lipinski definition) is 1. The van der Waals surface area contributed by atoms with Gasteiger partial charge < -0.3 is 14.8 Å². The van der Waals surface area contributed by atoms with Crippen molar-refractivity contribution in [3.63, 3.8) is 0 Å². The number of nitrogens with one attached hydrogen (secondary N) is 1. The lowest BCUT2D eigenvalue weighted by Gasteiger charge is -2.28. The minimum absolute atomic E-state index is 0.105. The minimum Gasteiger partial charge on any atom is -0.493 e. The molecule has 0 amide bonds. The Morgan fingerprint density at radius 2 is 1.90 bits per heavy atom. The molecule has 1 N–H and O–H groups in total. The maximum absolute atomic E-state index is 5.44. The van der Waals surface area contributed by atoms with Crippen molar-refractivity contribution in [2.75, 3.05) is 20.8 Å². The van der Waals surface area contributed by atoms with Crippen LogP contribution in [-0.2, 0) is 6.42 Å². The summed E-state index contributed by atoms with van der Waals surface area (Å²) in [6.07, 6.45) is 0.984. The number of aromatic nitrogens is 1. The van der Waals surface area contributed by atoms with E-state index in [0.717, 1.165) is 35.9 Å². The molecular formula is C17H20N2O2. The molecule has 1 unspecified atom stereocenters. The van der Waals surface area contributed by atoms with Crippen LogP contribution in [0.15, 0.2) is 30.3 Å². The van der Waals surface area contributed by atoms with Crippen LogP contribution in [-0.4, -0.2) is 25.7 Å². The fourth-order valence-corrected chi connectivity index (χ4v) is 2.87. The Balaban J connectivity index is 2.09. The highest BCUT2D eigenvalue weighted by Crippen LogP contribution is 2.36. The summed E-state index contributed by atoms with van der Waals surface area (Å²) in [7, 11) is 3.34. The van der Waals surface area contributed by atoms with Crippen LogP contribution < -0.4 is 14.8 Å². The number of hydrogen-bond acceptors (Lipinski definition) is 4. The number of benzene rings is 1. The third kappa shape index (κ3) is 2.59. The fraction of sp³-hybridized carbons (Fsp3) is 0.353. The first-order valence-electron chi connectivity index (χ1n) is 7.14. The summed E-state index contributed by atoms with van der Waals surface area (Å²) in [6.45, 7) is 2.95. The van der Waals surface area contributed by atoms with Crippen molar-refractivity contribution in [2.45, 2.75) is 19.4 Å². The van der Waals surface area contributed by atoms with E-state index in [2.05, 4.69) is 28.5 Å². The Hall–Kier alpha value is -2.07. The summed E-state index contributed by atoms with van der Waals surface area (Å²) in [5.74, 6) is 1.55. The molecule has 0 spiro atoms. The molecular weight excluding hydrogens is 264 g/mol. The van der Waals surface area contributed by atoms with E-state index in [1.165, 1.54) is 11.1 Å². The smallest absolute Gasteiger partial charge is 0.161 e. The van der Waals surface area contributed by atoms with Crippen LogP contribution in [0.4, 0.5) is 0 Å². The number of aryl methyl sites for hydroxylation is 1. The monoisotopic (exact) mass is 284 g/mol. The minimum atomic E-state index is 0.105. The predicted octanol–water partition coefficient (Wildman–Crippen LogP) is 2.64. The average molecular weight is 284 g/mol. The highest BCUT2D eigenvalue weighted by molar-refractivity contribution is 5.51. The molecule has 2 aromatic rings. The first kappa shape index (κ1) is 13.9. The second-order valence-corrected chi connectivity index (χ2v) is 5.25. The molecule has 3 rings (SSSR count). The highest BCUT2D eigenvalue weighted by Gasteiger charge is 2.24. The maximum Gasteiger partial charge on any atom is 0.161 e. The molecule has 1 aliphatic heterocycles. The molecule has 0 aliphatic carbocycles. The summed E-state index contributed by atoms with van der Waals surface area (Å²) in [5, 5.41) is 3.55. The second kappa shape index (κ2) is 5.74. The van der Waals surface area contributed by atoms with Gasteiger partial charge in [-0.1, -0.05) is 6.07 Å². The lowest BCUT2D eigenvalue weighted by atomic mass is 9.91. The van der Waals surface area contributed by atoms with E-state index in [4.69, 9.17) is 9.47 Å². The third-order valence-electron chi connectivity index (χ3n) is 3.90. The van der Waals surface area contributed by atoms with Gasteiger partial charge in [0.05, 0.1) is 26.0 Å². The number of rotatable bonds is 3. The van der Waals surface area contributed by atoms with E-state index in [9.17, 15) is 0 Å². The third-order valence-corrected chi connectivity index (χ3v) is 3.90. The van der Waals surface area contributed by atoms with Gasteiger partial charge in [-0.25, -0.2) is 0 Å². The lowest BCUT2D eigenvalue weighted by Crippen LogP contribution is -2.31. The standard InChI is InChI=1S/C17H20N2O2/c1-11-5-4-6-14(19-11)17-13-10-16(21-3)15(20-2)9-12(13)7-8-18-17/h4-6,9-10,17-18H,7-8H2,1-3H3. The van der Waals surface area contributed by atoms with E-state index in [1.807, 2.05) is 19.1 Å². The van der Waals surface area contributed by atoms with Gasteiger partial charge in [0.1, 0.15) is 0 Å². The van der Waals surface area contributed by atoms with Gasteiger partial charge >= 0.3 is 0 Å². The van der Waals surface area contributed by atoms with Crippen LogP contribution >= 0.6 is 0 Å². The summed E-state index contributed by atoms with van der Waals surface area (Å²) >= 11 is 0. The van der Waals surface area contributed by atoms with Crippen LogP contribution in [0.3, 0.4) is 0 Å². The SMILES string of the molecule is COc1cc2c(cc1OC)C(c1cccc(C)n1)NCC2. The number of fused-ring (bicyclic) bond motifs is 1. The molecule has 1 aromatic carbocycles. The van der Waals surface area contributed by atoms with E-state index in [0.29, 0.717) is 0 Å². The zero-order valence-corrected chi connectivity index (χ0v) is 12.6. The van der Waals surface area contributed by atoms with Gasteiger partial charge in [-0.3, -0.25) is 4.98 Å².